The molecule has 0 spiro atoms. The van der Waals surface area contributed by atoms with Crippen LogP contribution in [-0.4, -0.2) is 59.9 Å². The summed E-state index contributed by atoms with van der Waals surface area (Å²) < 4.78 is 0. The predicted molar refractivity (Wildman–Crippen MR) is 140 cm³/mol. The number of aryl methyl sites for hydroxylation is 1. The van der Waals surface area contributed by atoms with Crippen molar-refractivity contribution in [1.82, 2.24) is 14.8 Å². The second-order valence-corrected chi connectivity index (χ2v) is 10.5. The molecule has 184 valence electrons. The van der Waals surface area contributed by atoms with E-state index in [0.717, 1.165) is 36.2 Å². The Morgan fingerprint density at radius 3 is 2.78 bits per heavy atom. The molecule has 1 aromatic heterocycles. The zero-order valence-corrected chi connectivity index (χ0v) is 21.2. The highest BCUT2D eigenvalue weighted by atomic mass is 32.1. The number of aromatic nitrogens is 1. The zero-order chi connectivity index (χ0) is 25.2. The topological polar surface area (TPSA) is 92.6 Å². The average molecular weight is 501 g/mol. The van der Waals surface area contributed by atoms with Crippen LogP contribution in [0, 0.1) is 11.3 Å². The van der Waals surface area contributed by atoms with E-state index in [1.165, 1.54) is 4.88 Å². The van der Waals surface area contributed by atoms with Crippen LogP contribution < -0.4 is 10.2 Å². The van der Waals surface area contributed by atoms with Crippen LogP contribution in [0.2, 0.25) is 0 Å². The third kappa shape index (κ3) is 4.96. The number of benzene rings is 2. The Hall–Kier alpha value is -3.74. The molecule has 1 N–H and O–H groups in total. The number of urea groups is 1. The second-order valence-electron chi connectivity index (χ2n) is 9.42. The molecule has 3 aromatic rings. The first-order chi connectivity index (χ1) is 17.4. The highest BCUT2D eigenvalue weighted by Gasteiger charge is 2.30. The molecule has 5 rings (SSSR count). The Morgan fingerprint density at radius 1 is 1.22 bits per heavy atom. The molecule has 3 amide bonds. The number of likely N-dealkylation sites (N-methyl/N-ethyl adjacent to an activating group) is 1. The maximum absolute atomic E-state index is 13.0. The van der Waals surface area contributed by atoms with Gasteiger partial charge in [0.05, 0.1) is 17.3 Å². The first-order valence-corrected chi connectivity index (χ1v) is 12.8. The molecule has 2 aliphatic rings. The van der Waals surface area contributed by atoms with Crippen molar-refractivity contribution in [2.45, 2.75) is 31.8 Å². The van der Waals surface area contributed by atoms with Gasteiger partial charge < -0.3 is 9.80 Å². The first-order valence-electron chi connectivity index (χ1n) is 12.0. The van der Waals surface area contributed by atoms with Crippen LogP contribution in [0.15, 0.2) is 48.5 Å². The van der Waals surface area contributed by atoms with Crippen molar-refractivity contribution in [3.63, 3.8) is 0 Å². The fourth-order valence-electron chi connectivity index (χ4n) is 4.74. The van der Waals surface area contributed by atoms with Crippen LogP contribution >= 0.6 is 11.3 Å². The van der Waals surface area contributed by atoms with Crippen LogP contribution in [0.4, 0.5) is 15.6 Å². The molecular formula is C27H28N6O2S. The van der Waals surface area contributed by atoms with Crippen molar-refractivity contribution in [3.05, 3.63) is 75.8 Å². The normalized spacial score (nSPS) is 17.3. The number of thiazole rings is 1. The number of fused-ring (bicyclic) bond motifs is 1. The lowest BCUT2D eigenvalue weighted by atomic mass is 9.97. The molecule has 8 nitrogen and oxygen atoms in total. The number of nitrogens with one attached hydrogen (secondary N) is 1. The molecular weight excluding hydrogens is 472 g/mol. The zero-order valence-electron chi connectivity index (χ0n) is 20.4. The highest BCUT2D eigenvalue weighted by molar-refractivity contribution is 7.15. The van der Waals surface area contributed by atoms with Crippen LogP contribution in [-0.2, 0) is 19.4 Å². The van der Waals surface area contributed by atoms with Gasteiger partial charge in [0.2, 0.25) is 0 Å². The summed E-state index contributed by atoms with van der Waals surface area (Å²) in [7, 11) is 4.21. The van der Waals surface area contributed by atoms with E-state index in [4.69, 9.17) is 5.26 Å². The van der Waals surface area contributed by atoms with Gasteiger partial charge in [-0.05, 0) is 75.3 Å². The predicted octanol–water partition coefficient (Wildman–Crippen LogP) is 4.13. The maximum Gasteiger partial charge on any atom is 0.324 e. The summed E-state index contributed by atoms with van der Waals surface area (Å²) in [5, 5.41) is 12.6. The number of hydrogen-bond donors (Lipinski definition) is 1. The molecule has 2 heterocycles. The Balaban J connectivity index is 1.23. The van der Waals surface area contributed by atoms with E-state index in [9.17, 15) is 9.59 Å². The van der Waals surface area contributed by atoms with E-state index in [2.05, 4.69) is 35.4 Å². The number of nitrogens with zero attached hydrogens (tertiary/aromatic N) is 5. The van der Waals surface area contributed by atoms with Crippen molar-refractivity contribution in [2.24, 2.45) is 0 Å². The quantitative estimate of drug-likeness (QED) is 0.550. The number of rotatable bonds is 6. The molecule has 1 unspecified atom stereocenters. The van der Waals surface area contributed by atoms with Crippen molar-refractivity contribution >= 4 is 34.1 Å². The summed E-state index contributed by atoms with van der Waals surface area (Å²) >= 11 is 1.56. The van der Waals surface area contributed by atoms with Crippen molar-refractivity contribution in [2.75, 3.05) is 37.4 Å². The fourth-order valence-corrected chi connectivity index (χ4v) is 5.81. The lowest BCUT2D eigenvalue weighted by molar-refractivity contribution is 0.102. The molecule has 0 radical (unpaired) electrons. The number of nitriles is 1. The molecule has 1 aliphatic heterocycles. The standard InChI is InChI=1S/C27H28N6O2S/c1-31(2)22-10-11-23-24(15-22)36-26(29-23)30-25(34)20-5-3-4-19(14-20)17-32-12-13-33(27(32)35)21-8-6-18(16-28)7-9-21/h3-9,14,22H,10-13,15,17H2,1-2H3,(H,29,30,34). The molecule has 0 saturated carbocycles. The first kappa shape index (κ1) is 24.0. The highest BCUT2D eigenvalue weighted by Crippen LogP contribution is 2.31. The van der Waals surface area contributed by atoms with Gasteiger partial charge >= 0.3 is 6.03 Å². The van der Waals surface area contributed by atoms with Crippen molar-refractivity contribution < 1.29 is 9.59 Å². The number of hydrogen-bond acceptors (Lipinski definition) is 6. The Labute approximate surface area is 214 Å². The van der Waals surface area contributed by atoms with Gasteiger partial charge in [-0.2, -0.15) is 5.26 Å². The van der Waals surface area contributed by atoms with E-state index in [1.54, 1.807) is 51.5 Å². The minimum atomic E-state index is -0.195. The van der Waals surface area contributed by atoms with Crippen LogP contribution in [0.5, 0.6) is 0 Å². The third-order valence-corrected chi connectivity index (χ3v) is 7.87. The van der Waals surface area contributed by atoms with Gasteiger partial charge in [0.25, 0.3) is 5.91 Å². The molecule has 36 heavy (non-hydrogen) atoms. The Bertz CT molecular complexity index is 1330. The lowest BCUT2D eigenvalue weighted by Gasteiger charge is -2.27. The SMILES string of the molecule is CN(C)C1CCc2nc(NC(=O)c3cccc(CN4CCN(c5ccc(C#N)cc5)C4=O)c3)sc2C1. The van der Waals surface area contributed by atoms with E-state index >= 15 is 0 Å². The van der Waals surface area contributed by atoms with Gasteiger partial charge in [-0.15, -0.1) is 11.3 Å². The summed E-state index contributed by atoms with van der Waals surface area (Å²) in [5.41, 5.74) is 3.87. The average Bonchev–Trinajstić information content (AvgIpc) is 3.46. The van der Waals surface area contributed by atoms with Crippen LogP contribution in [0.25, 0.3) is 0 Å². The number of amides is 3. The van der Waals surface area contributed by atoms with Gasteiger partial charge in [0, 0.05) is 41.8 Å². The molecule has 1 saturated heterocycles. The van der Waals surface area contributed by atoms with Gasteiger partial charge in [-0.25, -0.2) is 9.78 Å². The maximum atomic E-state index is 13.0. The van der Waals surface area contributed by atoms with E-state index in [1.807, 2.05) is 18.2 Å². The number of carbonyl (C=O) groups excluding carboxylic acids is 2. The summed E-state index contributed by atoms with van der Waals surface area (Å²) in [6, 6.07) is 16.9. The van der Waals surface area contributed by atoms with Crippen molar-refractivity contribution in [1.29, 1.82) is 5.26 Å². The largest absolute Gasteiger partial charge is 0.324 e. The molecule has 9 heteroatoms. The monoisotopic (exact) mass is 500 g/mol. The smallest absolute Gasteiger partial charge is 0.318 e. The van der Waals surface area contributed by atoms with Gasteiger partial charge in [-0.1, -0.05) is 12.1 Å². The van der Waals surface area contributed by atoms with E-state index < -0.39 is 0 Å². The Morgan fingerprint density at radius 2 is 2.03 bits per heavy atom. The summed E-state index contributed by atoms with van der Waals surface area (Å²) in [5.74, 6) is -0.195. The van der Waals surface area contributed by atoms with E-state index in [-0.39, 0.29) is 11.9 Å². The van der Waals surface area contributed by atoms with Crippen LogP contribution in [0.3, 0.4) is 0 Å². The summed E-state index contributed by atoms with van der Waals surface area (Å²) in [4.78, 5) is 37.6. The fraction of sp³-hybridized carbons (Fsp3) is 0.333. The van der Waals surface area contributed by atoms with Crippen molar-refractivity contribution in [3.8, 4) is 6.07 Å². The summed E-state index contributed by atoms with van der Waals surface area (Å²) in [6.07, 6.45) is 2.98. The van der Waals surface area contributed by atoms with Gasteiger partial charge in [0.15, 0.2) is 5.13 Å². The molecule has 1 fully saturated rings. The van der Waals surface area contributed by atoms with E-state index in [0.29, 0.717) is 41.9 Å². The number of anilines is 2. The molecule has 0 bridgehead atoms. The molecule has 1 aliphatic carbocycles. The third-order valence-electron chi connectivity index (χ3n) is 6.83. The minimum absolute atomic E-state index is 0.0843. The van der Waals surface area contributed by atoms with Gasteiger partial charge in [0.1, 0.15) is 0 Å². The van der Waals surface area contributed by atoms with Gasteiger partial charge in [-0.3, -0.25) is 15.0 Å². The summed E-state index contributed by atoms with van der Waals surface area (Å²) in [6.45, 7) is 1.59. The minimum Gasteiger partial charge on any atom is -0.318 e. The lowest BCUT2D eigenvalue weighted by Crippen LogP contribution is -2.32. The molecule has 1 atom stereocenters. The molecule has 2 aromatic carbocycles. The Kier molecular flexibility index (Phi) is 6.72. The number of carbonyl (C=O) groups is 2. The van der Waals surface area contributed by atoms with Crippen LogP contribution in [0.1, 0.15) is 38.5 Å². The second kappa shape index (κ2) is 10.1.